The van der Waals surface area contributed by atoms with Gasteiger partial charge in [0, 0.05) is 10.7 Å². The summed E-state index contributed by atoms with van der Waals surface area (Å²) in [4.78, 5) is 34.8. The van der Waals surface area contributed by atoms with Crippen LogP contribution in [0.3, 0.4) is 0 Å². The monoisotopic (exact) mass is 350 g/mol. The number of esters is 1. The van der Waals surface area contributed by atoms with E-state index in [0.29, 0.717) is 5.69 Å². The summed E-state index contributed by atoms with van der Waals surface area (Å²) in [6, 6.07) is 11.1. The summed E-state index contributed by atoms with van der Waals surface area (Å²) in [6.45, 7) is -0.733. The van der Waals surface area contributed by atoms with Crippen molar-refractivity contribution in [2.24, 2.45) is 0 Å². The highest BCUT2D eigenvalue weighted by Crippen LogP contribution is 2.15. The van der Waals surface area contributed by atoms with E-state index in [1.807, 2.05) is 5.32 Å². The van der Waals surface area contributed by atoms with Crippen molar-refractivity contribution in [3.63, 3.8) is 0 Å². The molecule has 0 bridgehead atoms. The molecule has 0 spiro atoms. The van der Waals surface area contributed by atoms with Crippen molar-refractivity contribution in [2.75, 3.05) is 11.9 Å². The molecule has 0 saturated carbocycles. The van der Waals surface area contributed by atoms with E-state index in [-0.39, 0.29) is 10.6 Å². The highest BCUT2D eigenvalue weighted by Gasteiger charge is 2.16. The first-order valence-electron chi connectivity index (χ1n) is 6.74. The summed E-state index contributed by atoms with van der Waals surface area (Å²) in [5, 5.41) is 4.52. The van der Waals surface area contributed by atoms with Crippen LogP contribution in [0.25, 0.3) is 0 Å². The Kier molecular flexibility index (Phi) is 5.86. The van der Waals surface area contributed by atoms with Crippen LogP contribution in [0, 0.1) is 5.82 Å². The number of carbonyl (C=O) groups is 3. The van der Waals surface area contributed by atoms with E-state index in [1.54, 1.807) is 30.3 Å². The van der Waals surface area contributed by atoms with Gasteiger partial charge in [0.15, 0.2) is 6.61 Å². The van der Waals surface area contributed by atoms with Crippen LogP contribution in [0.5, 0.6) is 0 Å². The van der Waals surface area contributed by atoms with Gasteiger partial charge in [-0.05, 0) is 30.3 Å². The van der Waals surface area contributed by atoms with Gasteiger partial charge in [0.2, 0.25) is 0 Å². The van der Waals surface area contributed by atoms with Crippen molar-refractivity contribution < 1.29 is 23.5 Å². The number of rotatable bonds is 4. The lowest BCUT2D eigenvalue weighted by molar-refractivity contribution is -0.123. The highest BCUT2D eigenvalue weighted by molar-refractivity contribution is 6.30. The van der Waals surface area contributed by atoms with Crippen molar-refractivity contribution >= 4 is 35.2 Å². The third-order valence-corrected chi connectivity index (χ3v) is 3.01. The molecule has 0 saturated heterocycles. The van der Waals surface area contributed by atoms with E-state index < -0.39 is 30.3 Å². The number of ether oxygens (including phenoxy) is 1. The van der Waals surface area contributed by atoms with Crippen LogP contribution in [0.4, 0.5) is 14.9 Å². The molecule has 3 amide bonds. The number of hydrogen-bond acceptors (Lipinski definition) is 4. The third-order valence-electron chi connectivity index (χ3n) is 2.77. The van der Waals surface area contributed by atoms with Gasteiger partial charge in [-0.1, -0.05) is 29.8 Å². The molecule has 0 unspecified atom stereocenters. The van der Waals surface area contributed by atoms with Crippen LogP contribution in [-0.2, 0) is 9.53 Å². The van der Waals surface area contributed by atoms with Gasteiger partial charge in [-0.3, -0.25) is 10.1 Å². The van der Waals surface area contributed by atoms with E-state index in [4.69, 9.17) is 11.6 Å². The molecule has 24 heavy (non-hydrogen) atoms. The molecule has 124 valence electrons. The maximum Gasteiger partial charge on any atom is 0.341 e. The Hall–Kier alpha value is -2.93. The first-order valence-corrected chi connectivity index (χ1v) is 7.11. The molecule has 0 aromatic heterocycles. The summed E-state index contributed by atoms with van der Waals surface area (Å²) >= 11 is 5.57. The van der Waals surface area contributed by atoms with Gasteiger partial charge in [-0.25, -0.2) is 14.0 Å². The number of carbonyl (C=O) groups excluding carboxylic acids is 3. The molecule has 2 aromatic carbocycles. The second-order valence-corrected chi connectivity index (χ2v) is 5.01. The fraction of sp³-hybridized carbons (Fsp3) is 0.0625. The van der Waals surface area contributed by atoms with Gasteiger partial charge < -0.3 is 10.1 Å². The Morgan fingerprint density at radius 1 is 1.08 bits per heavy atom. The van der Waals surface area contributed by atoms with Crippen LogP contribution in [0.1, 0.15) is 10.4 Å². The summed E-state index contributed by atoms with van der Waals surface area (Å²) in [7, 11) is 0. The number of para-hydroxylation sites is 1. The molecular formula is C16H12ClFN2O4. The second kappa shape index (κ2) is 8.07. The second-order valence-electron chi connectivity index (χ2n) is 4.57. The van der Waals surface area contributed by atoms with Crippen molar-refractivity contribution in [1.29, 1.82) is 0 Å². The average molecular weight is 351 g/mol. The number of nitrogens with one attached hydrogen (secondary N) is 2. The Balaban J connectivity index is 1.82. The van der Waals surface area contributed by atoms with E-state index >= 15 is 0 Å². The molecule has 0 heterocycles. The van der Waals surface area contributed by atoms with Gasteiger partial charge in [0.25, 0.3) is 5.91 Å². The Bertz CT molecular complexity index is 768. The van der Waals surface area contributed by atoms with Crippen LogP contribution in [-0.4, -0.2) is 24.5 Å². The van der Waals surface area contributed by atoms with Crippen LogP contribution in [0.2, 0.25) is 5.02 Å². The maximum absolute atomic E-state index is 13.5. The molecule has 0 radical (unpaired) electrons. The summed E-state index contributed by atoms with van der Waals surface area (Å²) < 4.78 is 18.2. The zero-order valence-corrected chi connectivity index (χ0v) is 13.0. The van der Waals surface area contributed by atoms with Gasteiger partial charge in [0.1, 0.15) is 5.82 Å². The Morgan fingerprint density at radius 3 is 2.46 bits per heavy atom. The lowest BCUT2D eigenvalue weighted by atomic mass is 10.2. The summed E-state index contributed by atoms with van der Waals surface area (Å²) in [5.41, 5.74) is 0.129. The fourth-order valence-corrected chi connectivity index (χ4v) is 1.87. The molecule has 2 N–H and O–H groups in total. The smallest absolute Gasteiger partial charge is 0.341 e. The fourth-order valence-electron chi connectivity index (χ4n) is 1.71. The van der Waals surface area contributed by atoms with Gasteiger partial charge in [-0.2, -0.15) is 0 Å². The van der Waals surface area contributed by atoms with E-state index in [1.165, 1.54) is 6.07 Å². The lowest BCUT2D eigenvalue weighted by Gasteiger charge is -2.08. The molecular weight excluding hydrogens is 339 g/mol. The van der Waals surface area contributed by atoms with Gasteiger partial charge in [-0.15, -0.1) is 0 Å². The largest absolute Gasteiger partial charge is 0.452 e. The topological polar surface area (TPSA) is 84.5 Å². The molecule has 2 rings (SSSR count). The number of hydrogen-bond donors (Lipinski definition) is 2. The quantitative estimate of drug-likeness (QED) is 0.830. The first kappa shape index (κ1) is 17.4. The van der Waals surface area contributed by atoms with Gasteiger partial charge in [0.05, 0.1) is 5.56 Å². The number of benzene rings is 2. The number of imide groups is 1. The molecule has 0 fully saturated rings. The molecule has 0 aliphatic rings. The number of anilines is 1. The molecule has 0 aliphatic carbocycles. The Morgan fingerprint density at radius 2 is 1.79 bits per heavy atom. The predicted molar refractivity (Wildman–Crippen MR) is 85.3 cm³/mol. The van der Waals surface area contributed by atoms with E-state index in [2.05, 4.69) is 10.1 Å². The summed E-state index contributed by atoms with van der Waals surface area (Å²) in [5.74, 6) is -2.76. The van der Waals surface area contributed by atoms with E-state index in [0.717, 1.165) is 12.1 Å². The third kappa shape index (κ3) is 5.06. The zero-order valence-electron chi connectivity index (χ0n) is 12.2. The average Bonchev–Trinajstić information content (AvgIpc) is 2.53. The number of halogens is 2. The SMILES string of the molecule is O=C(COC(=O)c1ccc(Cl)cc1F)NC(=O)Nc1ccccc1. The highest BCUT2D eigenvalue weighted by atomic mass is 35.5. The maximum atomic E-state index is 13.5. The first-order chi connectivity index (χ1) is 11.5. The van der Waals surface area contributed by atoms with Crippen molar-refractivity contribution in [1.82, 2.24) is 5.32 Å². The number of urea groups is 1. The Labute approximate surface area is 141 Å². The molecule has 0 atom stereocenters. The normalized spacial score (nSPS) is 9.92. The van der Waals surface area contributed by atoms with Crippen molar-refractivity contribution in [3.05, 3.63) is 64.9 Å². The van der Waals surface area contributed by atoms with Gasteiger partial charge >= 0.3 is 12.0 Å². The van der Waals surface area contributed by atoms with Crippen LogP contribution < -0.4 is 10.6 Å². The zero-order chi connectivity index (χ0) is 17.5. The summed E-state index contributed by atoms with van der Waals surface area (Å²) in [6.07, 6.45) is 0. The predicted octanol–water partition coefficient (Wildman–Crippen LogP) is 2.98. The standard InChI is InChI=1S/C16H12ClFN2O4/c17-10-6-7-12(13(18)8-10)15(22)24-9-14(21)20-16(23)19-11-4-2-1-3-5-11/h1-8H,9H2,(H2,19,20,21,23). The van der Waals surface area contributed by atoms with Crippen LogP contribution in [0.15, 0.2) is 48.5 Å². The number of amides is 3. The van der Waals surface area contributed by atoms with Crippen molar-refractivity contribution in [3.8, 4) is 0 Å². The van der Waals surface area contributed by atoms with Crippen LogP contribution >= 0.6 is 11.6 Å². The molecule has 0 aliphatic heterocycles. The minimum atomic E-state index is -1.04. The molecule has 6 nitrogen and oxygen atoms in total. The molecule has 2 aromatic rings. The van der Waals surface area contributed by atoms with E-state index in [9.17, 15) is 18.8 Å². The molecule has 8 heteroatoms. The lowest BCUT2D eigenvalue weighted by Crippen LogP contribution is -2.37. The minimum Gasteiger partial charge on any atom is -0.452 e. The van der Waals surface area contributed by atoms with Crippen molar-refractivity contribution in [2.45, 2.75) is 0 Å². The minimum absolute atomic E-state index is 0.124.